The van der Waals surface area contributed by atoms with Crippen LogP contribution in [0, 0.1) is 0 Å². The normalized spacial score (nSPS) is 13.3. The van der Waals surface area contributed by atoms with Gasteiger partial charge in [0.05, 0.1) is 22.1 Å². The summed E-state index contributed by atoms with van der Waals surface area (Å²) < 4.78 is 28.7. The van der Waals surface area contributed by atoms with Gasteiger partial charge in [-0.1, -0.05) is 29.3 Å². The van der Waals surface area contributed by atoms with E-state index >= 15 is 0 Å². The molecule has 0 fully saturated rings. The number of hydrogen-bond acceptors (Lipinski definition) is 3. The van der Waals surface area contributed by atoms with Crippen LogP contribution >= 0.6 is 23.2 Å². The quantitative estimate of drug-likeness (QED) is 0.873. The number of imidazole rings is 1. The Balaban J connectivity index is 1.99. The second-order valence-corrected chi connectivity index (χ2v) is 7.35. The zero-order chi connectivity index (χ0) is 15.5. The lowest BCUT2D eigenvalue weighted by Crippen LogP contribution is -2.36. The molecule has 0 unspecified atom stereocenters. The van der Waals surface area contributed by atoms with Gasteiger partial charge in [-0.25, -0.2) is 18.1 Å². The Morgan fingerprint density at radius 3 is 2.71 bits per heavy atom. The van der Waals surface area contributed by atoms with Crippen molar-refractivity contribution in [2.75, 3.05) is 0 Å². The third-order valence-corrected chi connectivity index (χ3v) is 4.98. The van der Waals surface area contributed by atoms with Crippen LogP contribution in [0.1, 0.15) is 12.5 Å². The van der Waals surface area contributed by atoms with E-state index in [1.165, 1.54) is 0 Å². The Bertz CT molecular complexity index is 702. The van der Waals surface area contributed by atoms with Gasteiger partial charge in [0.1, 0.15) is 0 Å². The van der Waals surface area contributed by atoms with Crippen molar-refractivity contribution in [1.29, 1.82) is 0 Å². The van der Waals surface area contributed by atoms with Gasteiger partial charge in [0.15, 0.2) is 0 Å². The SMILES string of the molecule is C[C@H](Cn1ccnc1)NS(=O)(=O)Cc1ccc(Cl)c(Cl)c1. The van der Waals surface area contributed by atoms with Gasteiger partial charge in [-0.15, -0.1) is 0 Å². The first-order valence-electron chi connectivity index (χ1n) is 6.25. The monoisotopic (exact) mass is 347 g/mol. The summed E-state index contributed by atoms with van der Waals surface area (Å²) in [5.41, 5.74) is 0.590. The average molecular weight is 348 g/mol. The Hall–Kier alpha value is -1.08. The van der Waals surface area contributed by atoms with E-state index in [2.05, 4.69) is 9.71 Å². The highest BCUT2D eigenvalue weighted by atomic mass is 35.5. The van der Waals surface area contributed by atoms with Gasteiger partial charge in [-0.05, 0) is 24.6 Å². The molecule has 1 atom stereocenters. The van der Waals surface area contributed by atoms with E-state index in [0.717, 1.165) is 0 Å². The molecule has 8 heteroatoms. The van der Waals surface area contributed by atoms with E-state index in [0.29, 0.717) is 22.2 Å². The summed E-state index contributed by atoms with van der Waals surface area (Å²) in [5, 5.41) is 0.745. The fourth-order valence-corrected chi connectivity index (χ4v) is 3.66. The largest absolute Gasteiger partial charge is 0.336 e. The van der Waals surface area contributed by atoms with Crippen LogP contribution in [-0.2, 0) is 22.3 Å². The minimum atomic E-state index is -3.45. The number of rotatable bonds is 6. The fraction of sp³-hybridized carbons (Fsp3) is 0.308. The molecule has 5 nitrogen and oxygen atoms in total. The highest BCUT2D eigenvalue weighted by molar-refractivity contribution is 7.88. The van der Waals surface area contributed by atoms with E-state index < -0.39 is 10.0 Å². The van der Waals surface area contributed by atoms with Crippen molar-refractivity contribution in [3.05, 3.63) is 52.5 Å². The number of benzene rings is 1. The maximum atomic E-state index is 12.1. The number of sulfonamides is 1. The molecule has 0 radical (unpaired) electrons. The van der Waals surface area contributed by atoms with E-state index in [4.69, 9.17) is 23.2 Å². The van der Waals surface area contributed by atoms with Gasteiger partial charge in [0, 0.05) is 25.0 Å². The van der Waals surface area contributed by atoms with Crippen LogP contribution in [0.5, 0.6) is 0 Å². The highest BCUT2D eigenvalue weighted by Gasteiger charge is 2.16. The lowest BCUT2D eigenvalue weighted by Gasteiger charge is -2.15. The minimum Gasteiger partial charge on any atom is -0.336 e. The molecule has 2 aromatic rings. The molecule has 114 valence electrons. The molecule has 0 aliphatic heterocycles. The van der Waals surface area contributed by atoms with Crippen molar-refractivity contribution in [2.45, 2.75) is 25.3 Å². The standard InChI is InChI=1S/C13H15Cl2N3O2S/c1-10(7-18-5-4-16-9-18)17-21(19,20)8-11-2-3-12(14)13(15)6-11/h2-6,9-10,17H,7-8H2,1H3/t10-/m1/s1. The summed E-state index contributed by atoms with van der Waals surface area (Å²) in [5.74, 6) is -0.141. The van der Waals surface area contributed by atoms with Gasteiger partial charge >= 0.3 is 0 Å². The van der Waals surface area contributed by atoms with Crippen molar-refractivity contribution in [3.63, 3.8) is 0 Å². The van der Waals surface area contributed by atoms with Gasteiger partial charge in [0.25, 0.3) is 0 Å². The summed E-state index contributed by atoms with van der Waals surface area (Å²) in [6, 6.07) is 4.55. The molecule has 0 saturated carbocycles. The topological polar surface area (TPSA) is 64.0 Å². The molecule has 1 heterocycles. The third kappa shape index (κ3) is 5.00. The van der Waals surface area contributed by atoms with E-state index in [1.807, 2.05) is 4.57 Å². The number of hydrogen-bond donors (Lipinski definition) is 1. The van der Waals surface area contributed by atoms with Crippen LogP contribution in [0.3, 0.4) is 0 Å². The van der Waals surface area contributed by atoms with Crippen molar-refractivity contribution in [1.82, 2.24) is 14.3 Å². The van der Waals surface area contributed by atoms with Crippen LogP contribution in [0.15, 0.2) is 36.9 Å². The summed E-state index contributed by atoms with van der Waals surface area (Å²) in [6.07, 6.45) is 5.07. The molecule has 0 bridgehead atoms. The first-order chi connectivity index (χ1) is 9.85. The molecule has 1 N–H and O–H groups in total. The molecule has 2 rings (SSSR count). The molecule has 0 aliphatic rings. The second-order valence-electron chi connectivity index (χ2n) is 4.79. The predicted octanol–water partition coefficient (Wildman–Crippen LogP) is 2.70. The van der Waals surface area contributed by atoms with Crippen LogP contribution < -0.4 is 4.72 Å². The van der Waals surface area contributed by atoms with Crippen molar-refractivity contribution < 1.29 is 8.42 Å². The molecule has 1 aromatic carbocycles. The second kappa shape index (κ2) is 6.79. The Kier molecular flexibility index (Phi) is 5.27. The Morgan fingerprint density at radius 1 is 1.33 bits per heavy atom. The molecular formula is C13H15Cl2N3O2S. The predicted molar refractivity (Wildman–Crippen MR) is 83.9 cm³/mol. The van der Waals surface area contributed by atoms with Crippen molar-refractivity contribution in [2.24, 2.45) is 0 Å². The Morgan fingerprint density at radius 2 is 2.10 bits per heavy atom. The van der Waals surface area contributed by atoms with E-state index in [9.17, 15) is 8.42 Å². The maximum Gasteiger partial charge on any atom is 0.216 e. The number of nitrogens with zero attached hydrogens (tertiary/aromatic N) is 2. The molecule has 0 saturated heterocycles. The molecule has 1 aromatic heterocycles. The van der Waals surface area contributed by atoms with Crippen LogP contribution in [0.25, 0.3) is 0 Å². The number of nitrogens with one attached hydrogen (secondary N) is 1. The van der Waals surface area contributed by atoms with Crippen molar-refractivity contribution in [3.8, 4) is 0 Å². The number of aromatic nitrogens is 2. The average Bonchev–Trinajstić information content (AvgIpc) is 2.85. The molecule has 0 aliphatic carbocycles. The summed E-state index contributed by atoms with van der Waals surface area (Å²) in [6.45, 7) is 2.31. The van der Waals surface area contributed by atoms with Crippen LogP contribution in [0.4, 0.5) is 0 Å². The first-order valence-corrected chi connectivity index (χ1v) is 8.66. The summed E-state index contributed by atoms with van der Waals surface area (Å²) >= 11 is 11.7. The number of halogens is 2. The zero-order valence-electron chi connectivity index (χ0n) is 11.3. The van der Waals surface area contributed by atoms with Gasteiger partial charge in [0.2, 0.25) is 10.0 Å². The summed E-state index contributed by atoms with van der Waals surface area (Å²) in [7, 11) is -3.45. The van der Waals surface area contributed by atoms with E-state index in [1.54, 1.807) is 43.8 Å². The molecule has 0 amide bonds. The molecular weight excluding hydrogens is 333 g/mol. The molecule has 0 spiro atoms. The highest BCUT2D eigenvalue weighted by Crippen LogP contribution is 2.23. The Labute approximate surface area is 134 Å². The van der Waals surface area contributed by atoms with Crippen LogP contribution in [-0.4, -0.2) is 24.0 Å². The van der Waals surface area contributed by atoms with Crippen molar-refractivity contribution >= 4 is 33.2 Å². The van der Waals surface area contributed by atoms with Gasteiger partial charge in [-0.2, -0.15) is 0 Å². The van der Waals surface area contributed by atoms with E-state index in [-0.39, 0.29) is 11.8 Å². The van der Waals surface area contributed by atoms with Gasteiger partial charge < -0.3 is 4.57 Å². The van der Waals surface area contributed by atoms with Gasteiger partial charge in [-0.3, -0.25) is 0 Å². The smallest absolute Gasteiger partial charge is 0.216 e. The maximum absolute atomic E-state index is 12.1. The lowest BCUT2D eigenvalue weighted by atomic mass is 10.2. The first kappa shape index (κ1) is 16.3. The zero-order valence-corrected chi connectivity index (χ0v) is 13.7. The third-order valence-electron chi connectivity index (χ3n) is 2.77. The van der Waals surface area contributed by atoms with Crippen LogP contribution in [0.2, 0.25) is 10.0 Å². The minimum absolute atomic E-state index is 0.141. The summed E-state index contributed by atoms with van der Waals surface area (Å²) in [4.78, 5) is 3.92. The molecule has 21 heavy (non-hydrogen) atoms. The lowest BCUT2D eigenvalue weighted by molar-refractivity contribution is 0.520. The fourth-order valence-electron chi connectivity index (χ4n) is 1.95.